The number of carbonyl (C=O) groups excluding carboxylic acids is 2. The highest BCUT2D eigenvalue weighted by Crippen LogP contribution is 2.26. The Morgan fingerprint density at radius 1 is 1.00 bits per heavy atom. The molecule has 0 spiro atoms. The monoisotopic (exact) mass is 474 g/mol. The zero-order valence-electron chi connectivity index (χ0n) is 18.7. The van der Waals surface area contributed by atoms with Crippen LogP contribution in [0.3, 0.4) is 0 Å². The molecule has 1 aliphatic carbocycles. The summed E-state index contributed by atoms with van der Waals surface area (Å²) in [6, 6.07) is 14.9. The normalized spacial score (nSPS) is 15.2. The van der Waals surface area contributed by atoms with Crippen molar-refractivity contribution in [2.45, 2.75) is 70.4 Å². The van der Waals surface area contributed by atoms with Gasteiger partial charge in [0.2, 0.25) is 11.8 Å². The van der Waals surface area contributed by atoms with E-state index < -0.39 is 6.04 Å². The lowest BCUT2D eigenvalue weighted by Crippen LogP contribution is -2.52. The van der Waals surface area contributed by atoms with Gasteiger partial charge in [0, 0.05) is 22.6 Å². The predicted molar refractivity (Wildman–Crippen MR) is 131 cm³/mol. The van der Waals surface area contributed by atoms with Gasteiger partial charge in [-0.05, 0) is 48.9 Å². The molecule has 1 fully saturated rings. The van der Waals surface area contributed by atoms with E-state index in [1.807, 2.05) is 37.3 Å². The van der Waals surface area contributed by atoms with E-state index in [1.165, 1.54) is 6.42 Å². The van der Waals surface area contributed by atoms with Crippen LogP contribution in [0.5, 0.6) is 0 Å². The number of benzene rings is 2. The smallest absolute Gasteiger partial charge is 0.243 e. The molecule has 0 heterocycles. The molecule has 0 radical (unpaired) electrons. The van der Waals surface area contributed by atoms with Gasteiger partial charge in [-0.25, -0.2) is 0 Å². The highest BCUT2D eigenvalue weighted by atomic mass is 35.5. The molecule has 0 aliphatic heterocycles. The highest BCUT2D eigenvalue weighted by molar-refractivity contribution is 6.36. The minimum atomic E-state index is -0.519. The van der Waals surface area contributed by atoms with Crippen LogP contribution in [0.25, 0.3) is 0 Å². The Bertz CT molecular complexity index is 878. The molecule has 2 aromatic carbocycles. The molecular weight excluding hydrogens is 443 g/mol. The lowest BCUT2D eigenvalue weighted by molar-refractivity contribution is -0.140. The molecule has 172 valence electrons. The average Bonchev–Trinajstić information content (AvgIpc) is 2.80. The van der Waals surface area contributed by atoms with Crippen molar-refractivity contribution in [1.29, 1.82) is 0 Å². The van der Waals surface area contributed by atoms with E-state index in [1.54, 1.807) is 23.1 Å². The van der Waals surface area contributed by atoms with Crippen LogP contribution in [0, 0.1) is 0 Å². The first-order valence-corrected chi connectivity index (χ1v) is 12.3. The zero-order valence-corrected chi connectivity index (χ0v) is 20.2. The molecule has 1 N–H and O–H groups in total. The molecular formula is C26H32Cl2N2O2. The Hall–Kier alpha value is -2.04. The van der Waals surface area contributed by atoms with Crippen molar-refractivity contribution < 1.29 is 9.59 Å². The molecule has 0 saturated heterocycles. The second kappa shape index (κ2) is 12.3. The third-order valence-corrected chi connectivity index (χ3v) is 6.92. The third kappa shape index (κ3) is 6.73. The van der Waals surface area contributed by atoms with Crippen LogP contribution in [0.15, 0.2) is 48.5 Å². The Morgan fingerprint density at radius 3 is 2.28 bits per heavy atom. The van der Waals surface area contributed by atoms with Crippen LogP contribution in [0.4, 0.5) is 0 Å². The van der Waals surface area contributed by atoms with Gasteiger partial charge in [-0.15, -0.1) is 0 Å². The Kier molecular flexibility index (Phi) is 9.43. The van der Waals surface area contributed by atoms with E-state index in [-0.39, 0.29) is 24.3 Å². The lowest BCUT2D eigenvalue weighted by Gasteiger charge is -2.33. The summed E-state index contributed by atoms with van der Waals surface area (Å²) in [4.78, 5) is 28.4. The number of amides is 2. The molecule has 4 nitrogen and oxygen atoms in total. The molecule has 32 heavy (non-hydrogen) atoms. The molecule has 1 aliphatic rings. The van der Waals surface area contributed by atoms with Crippen LogP contribution in [-0.4, -0.2) is 35.3 Å². The molecule has 0 bridgehead atoms. The van der Waals surface area contributed by atoms with Crippen LogP contribution in [0.2, 0.25) is 10.0 Å². The summed E-state index contributed by atoms with van der Waals surface area (Å²) in [7, 11) is 0. The van der Waals surface area contributed by atoms with Gasteiger partial charge in [0.25, 0.3) is 0 Å². The molecule has 2 amide bonds. The number of carbonyl (C=O) groups is 2. The second-order valence-electron chi connectivity index (χ2n) is 8.47. The van der Waals surface area contributed by atoms with Crippen LogP contribution < -0.4 is 5.32 Å². The molecule has 6 heteroatoms. The average molecular weight is 475 g/mol. The highest BCUT2D eigenvalue weighted by Gasteiger charge is 2.30. The fourth-order valence-corrected chi connectivity index (χ4v) is 4.93. The van der Waals surface area contributed by atoms with Crippen molar-refractivity contribution in [1.82, 2.24) is 10.2 Å². The largest absolute Gasteiger partial charge is 0.352 e. The van der Waals surface area contributed by atoms with Gasteiger partial charge in [0.1, 0.15) is 6.04 Å². The fraction of sp³-hybridized carbons (Fsp3) is 0.462. The maximum absolute atomic E-state index is 13.5. The van der Waals surface area contributed by atoms with Gasteiger partial charge < -0.3 is 10.2 Å². The molecule has 3 rings (SSSR count). The first-order valence-electron chi connectivity index (χ1n) is 11.6. The third-order valence-electron chi connectivity index (χ3n) is 6.21. The van der Waals surface area contributed by atoms with Gasteiger partial charge in [0.15, 0.2) is 0 Å². The molecule has 0 unspecified atom stereocenters. The second-order valence-corrected chi connectivity index (χ2v) is 9.28. The number of halogens is 2. The summed E-state index contributed by atoms with van der Waals surface area (Å²) in [5.74, 6) is -0.201. The van der Waals surface area contributed by atoms with E-state index in [0.29, 0.717) is 35.0 Å². The minimum Gasteiger partial charge on any atom is -0.352 e. The van der Waals surface area contributed by atoms with Gasteiger partial charge in [-0.1, -0.05) is 85.8 Å². The van der Waals surface area contributed by atoms with Gasteiger partial charge in [0.05, 0.1) is 6.42 Å². The lowest BCUT2D eigenvalue weighted by atomic mass is 9.95. The van der Waals surface area contributed by atoms with Crippen molar-refractivity contribution in [3.05, 3.63) is 69.7 Å². The van der Waals surface area contributed by atoms with Gasteiger partial charge in [-0.3, -0.25) is 9.59 Å². The van der Waals surface area contributed by atoms with E-state index in [0.717, 1.165) is 31.2 Å². The number of nitrogens with one attached hydrogen (secondary N) is 1. The van der Waals surface area contributed by atoms with E-state index in [9.17, 15) is 9.59 Å². The van der Waals surface area contributed by atoms with E-state index in [2.05, 4.69) is 5.32 Å². The van der Waals surface area contributed by atoms with Gasteiger partial charge in [-0.2, -0.15) is 0 Å². The molecule has 2 aromatic rings. The fourth-order valence-electron chi connectivity index (χ4n) is 4.39. The van der Waals surface area contributed by atoms with Crippen LogP contribution in [0.1, 0.15) is 56.6 Å². The summed E-state index contributed by atoms with van der Waals surface area (Å²) < 4.78 is 0. The maximum atomic E-state index is 13.5. The predicted octanol–water partition coefficient (Wildman–Crippen LogP) is 5.83. The van der Waals surface area contributed by atoms with Gasteiger partial charge >= 0.3 is 0 Å². The van der Waals surface area contributed by atoms with E-state index >= 15 is 0 Å². The van der Waals surface area contributed by atoms with Crippen molar-refractivity contribution in [3.8, 4) is 0 Å². The summed E-state index contributed by atoms with van der Waals surface area (Å²) in [5, 5.41) is 4.14. The topological polar surface area (TPSA) is 49.4 Å². The Labute approximate surface area is 201 Å². The Balaban J connectivity index is 1.78. The van der Waals surface area contributed by atoms with Crippen LogP contribution >= 0.6 is 23.2 Å². The molecule has 1 saturated carbocycles. The quantitative estimate of drug-likeness (QED) is 0.496. The first kappa shape index (κ1) is 24.6. The SMILES string of the molecule is CC[C@H](C(=O)NC1CCCCC1)N(CCc1ccccc1)C(=O)Cc1c(Cl)cccc1Cl. The number of hydrogen-bond donors (Lipinski definition) is 1. The van der Waals surface area contributed by atoms with Crippen LogP contribution in [-0.2, 0) is 22.4 Å². The summed E-state index contributed by atoms with van der Waals surface area (Å²) in [6.45, 7) is 2.41. The van der Waals surface area contributed by atoms with Crippen molar-refractivity contribution >= 4 is 35.0 Å². The number of nitrogens with zero attached hydrogens (tertiary/aromatic N) is 1. The summed E-state index contributed by atoms with van der Waals surface area (Å²) in [5.41, 5.74) is 1.73. The van der Waals surface area contributed by atoms with Crippen molar-refractivity contribution in [3.63, 3.8) is 0 Å². The standard InChI is InChI=1S/C26H32Cl2N2O2/c1-2-24(26(32)29-20-12-7-4-8-13-20)30(17-16-19-10-5-3-6-11-19)25(31)18-21-22(27)14-9-15-23(21)28/h3,5-6,9-11,14-15,20,24H,2,4,7-8,12-13,16-18H2,1H3,(H,29,32)/t24-/m1/s1. The van der Waals surface area contributed by atoms with Crippen molar-refractivity contribution in [2.24, 2.45) is 0 Å². The summed E-state index contributed by atoms with van der Waals surface area (Å²) >= 11 is 12.6. The molecule has 1 atom stereocenters. The Morgan fingerprint density at radius 2 is 1.66 bits per heavy atom. The van der Waals surface area contributed by atoms with E-state index in [4.69, 9.17) is 23.2 Å². The zero-order chi connectivity index (χ0) is 22.9. The van der Waals surface area contributed by atoms with Crippen molar-refractivity contribution in [2.75, 3.05) is 6.54 Å². The maximum Gasteiger partial charge on any atom is 0.243 e. The minimum absolute atomic E-state index is 0.0638. The number of hydrogen-bond acceptors (Lipinski definition) is 2. The summed E-state index contributed by atoms with van der Waals surface area (Å²) in [6.07, 6.45) is 6.83. The molecule has 0 aromatic heterocycles. The first-order chi connectivity index (χ1) is 15.5. The number of rotatable bonds is 9.